The Morgan fingerprint density at radius 2 is 2.21 bits per heavy atom. The molecule has 1 N–H and O–H groups in total. The summed E-state index contributed by atoms with van der Waals surface area (Å²) < 4.78 is 7.18. The Morgan fingerprint density at radius 3 is 3.04 bits per heavy atom. The summed E-state index contributed by atoms with van der Waals surface area (Å²) in [5.41, 5.74) is 1.17. The number of imidazole rings is 1. The Labute approximate surface area is 142 Å². The molecule has 3 aromatic heterocycles. The molecule has 1 fully saturated rings. The van der Waals surface area contributed by atoms with Crippen LogP contribution in [0.15, 0.2) is 30.2 Å². The first kappa shape index (κ1) is 15.0. The third-order valence-electron chi connectivity index (χ3n) is 3.80. The second kappa shape index (κ2) is 6.54. The van der Waals surface area contributed by atoms with Crippen molar-refractivity contribution in [2.24, 2.45) is 0 Å². The van der Waals surface area contributed by atoms with Crippen LogP contribution in [0.25, 0.3) is 4.96 Å². The van der Waals surface area contributed by atoms with Gasteiger partial charge in [0.25, 0.3) is 5.91 Å². The lowest BCUT2D eigenvalue weighted by atomic mass is 10.3. The Hall–Kier alpha value is -2.52. The van der Waals surface area contributed by atoms with Crippen molar-refractivity contribution in [1.82, 2.24) is 24.7 Å². The van der Waals surface area contributed by atoms with Gasteiger partial charge in [0.2, 0.25) is 0 Å². The Balaban J connectivity index is 1.41. The minimum atomic E-state index is -0.211. The smallest absolute Gasteiger partial charge is 0.271 e. The van der Waals surface area contributed by atoms with Gasteiger partial charge in [-0.15, -0.1) is 11.3 Å². The number of anilines is 1. The van der Waals surface area contributed by atoms with Crippen LogP contribution in [0.3, 0.4) is 0 Å². The number of carbonyl (C=O) groups excluding carboxylic acids is 1. The molecule has 0 atom stereocenters. The minimum absolute atomic E-state index is 0.211. The van der Waals surface area contributed by atoms with Gasteiger partial charge in [-0.3, -0.25) is 9.20 Å². The van der Waals surface area contributed by atoms with Gasteiger partial charge in [0, 0.05) is 36.9 Å². The van der Waals surface area contributed by atoms with E-state index in [4.69, 9.17) is 4.74 Å². The number of hydrogen-bond acceptors (Lipinski definition) is 7. The van der Waals surface area contributed by atoms with Crippen LogP contribution in [0.5, 0.6) is 0 Å². The summed E-state index contributed by atoms with van der Waals surface area (Å²) in [6.07, 6.45) is 5.13. The molecule has 9 heteroatoms. The van der Waals surface area contributed by atoms with Gasteiger partial charge in [-0.1, -0.05) is 0 Å². The van der Waals surface area contributed by atoms with E-state index in [-0.39, 0.29) is 5.91 Å². The molecule has 0 spiro atoms. The second-order valence-electron chi connectivity index (χ2n) is 5.37. The summed E-state index contributed by atoms with van der Waals surface area (Å²) in [6, 6.07) is 1.90. The van der Waals surface area contributed by atoms with Crippen molar-refractivity contribution in [2.45, 2.75) is 6.54 Å². The summed E-state index contributed by atoms with van der Waals surface area (Å²) in [5, 5.41) is 4.78. The van der Waals surface area contributed by atoms with E-state index in [1.54, 1.807) is 6.20 Å². The molecule has 0 unspecified atom stereocenters. The summed E-state index contributed by atoms with van der Waals surface area (Å²) in [6.45, 7) is 3.37. The summed E-state index contributed by atoms with van der Waals surface area (Å²) in [4.78, 5) is 28.0. The monoisotopic (exact) mass is 344 g/mol. The van der Waals surface area contributed by atoms with Crippen LogP contribution in [-0.4, -0.2) is 51.6 Å². The molecule has 0 aliphatic carbocycles. The van der Waals surface area contributed by atoms with Crippen molar-refractivity contribution < 1.29 is 9.53 Å². The number of fused-ring (bicyclic) bond motifs is 1. The maximum atomic E-state index is 12.2. The number of morpholine rings is 1. The lowest BCUT2D eigenvalue weighted by Gasteiger charge is -2.27. The fraction of sp³-hybridized carbons (Fsp3) is 0.333. The molecule has 124 valence electrons. The van der Waals surface area contributed by atoms with E-state index in [0.717, 1.165) is 29.6 Å². The highest BCUT2D eigenvalue weighted by molar-refractivity contribution is 7.15. The fourth-order valence-corrected chi connectivity index (χ4v) is 3.25. The van der Waals surface area contributed by atoms with E-state index in [1.165, 1.54) is 17.7 Å². The molecule has 1 aliphatic heterocycles. The largest absolute Gasteiger partial charge is 0.378 e. The van der Waals surface area contributed by atoms with Crippen molar-refractivity contribution in [3.8, 4) is 0 Å². The Morgan fingerprint density at radius 1 is 1.33 bits per heavy atom. The first-order valence-electron chi connectivity index (χ1n) is 7.63. The first-order chi connectivity index (χ1) is 11.8. The van der Waals surface area contributed by atoms with Gasteiger partial charge in [-0.25, -0.2) is 15.0 Å². The van der Waals surface area contributed by atoms with Crippen molar-refractivity contribution in [1.29, 1.82) is 0 Å². The maximum absolute atomic E-state index is 12.2. The molecule has 0 saturated carbocycles. The molecule has 1 saturated heterocycles. The number of thiazole rings is 1. The van der Waals surface area contributed by atoms with Crippen molar-refractivity contribution in [3.05, 3.63) is 41.6 Å². The zero-order valence-corrected chi connectivity index (χ0v) is 13.7. The zero-order chi connectivity index (χ0) is 16.4. The molecule has 24 heavy (non-hydrogen) atoms. The highest BCUT2D eigenvalue weighted by Crippen LogP contribution is 2.13. The number of aromatic nitrogens is 4. The van der Waals surface area contributed by atoms with E-state index >= 15 is 0 Å². The van der Waals surface area contributed by atoms with Crippen molar-refractivity contribution >= 4 is 28.0 Å². The molecular formula is C15H16N6O2S. The van der Waals surface area contributed by atoms with Crippen LogP contribution in [-0.2, 0) is 11.3 Å². The summed E-state index contributed by atoms with van der Waals surface area (Å²) in [5.74, 6) is 0.650. The average molecular weight is 344 g/mol. The number of ether oxygens (including phenoxy) is 1. The molecule has 0 radical (unpaired) electrons. The number of nitrogens with one attached hydrogen (secondary N) is 1. The highest BCUT2D eigenvalue weighted by atomic mass is 32.1. The lowest BCUT2D eigenvalue weighted by molar-refractivity contribution is 0.0946. The van der Waals surface area contributed by atoms with Gasteiger partial charge in [-0.05, 0) is 0 Å². The second-order valence-corrected chi connectivity index (χ2v) is 6.24. The number of hydrogen-bond donors (Lipinski definition) is 1. The number of nitrogens with zero attached hydrogens (tertiary/aromatic N) is 5. The van der Waals surface area contributed by atoms with Crippen LogP contribution in [0, 0.1) is 0 Å². The van der Waals surface area contributed by atoms with Gasteiger partial charge >= 0.3 is 0 Å². The fourth-order valence-electron chi connectivity index (χ4n) is 2.55. The topological polar surface area (TPSA) is 84.7 Å². The normalized spacial score (nSPS) is 14.9. The van der Waals surface area contributed by atoms with Gasteiger partial charge < -0.3 is 15.0 Å². The van der Waals surface area contributed by atoms with E-state index in [2.05, 4.69) is 25.2 Å². The number of amides is 1. The molecule has 4 rings (SSSR count). The quantitative estimate of drug-likeness (QED) is 0.759. The van der Waals surface area contributed by atoms with E-state index in [1.807, 2.05) is 22.0 Å². The van der Waals surface area contributed by atoms with Gasteiger partial charge in [-0.2, -0.15) is 0 Å². The number of rotatable bonds is 4. The zero-order valence-electron chi connectivity index (χ0n) is 12.9. The average Bonchev–Trinajstić information content (AvgIpc) is 3.23. The standard InChI is InChI=1S/C15H16N6O2S/c22-14(12-9-21-3-6-24-15(21)19-12)16-8-11-7-13(18-10-17-11)20-1-4-23-5-2-20/h3,6-7,9-10H,1-2,4-5,8H2,(H,16,22). The van der Waals surface area contributed by atoms with Gasteiger partial charge in [0.05, 0.1) is 25.5 Å². The van der Waals surface area contributed by atoms with Crippen LogP contribution < -0.4 is 10.2 Å². The Kier molecular flexibility index (Phi) is 4.09. The van der Waals surface area contributed by atoms with Crippen LogP contribution in [0.1, 0.15) is 16.2 Å². The van der Waals surface area contributed by atoms with Crippen molar-refractivity contribution in [2.75, 3.05) is 31.2 Å². The molecule has 0 aromatic carbocycles. The Bertz CT molecular complexity index is 826. The van der Waals surface area contributed by atoms with Crippen LogP contribution >= 0.6 is 11.3 Å². The molecule has 3 aromatic rings. The highest BCUT2D eigenvalue weighted by Gasteiger charge is 2.14. The maximum Gasteiger partial charge on any atom is 0.271 e. The molecular weight excluding hydrogens is 328 g/mol. The van der Waals surface area contributed by atoms with E-state index in [9.17, 15) is 4.79 Å². The SMILES string of the molecule is O=C(NCc1cc(N2CCOCC2)ncn1)c1cn2ccsc2n1. The third kappa shape index (κ3) is 3.08. The summed E-state index contributed by atoms with van der Waals surface area (Å²) >= 11 is 1.49. The number of carbonyl (C=O) groups is 1. The molecule has 4 heterocycles. The van der Waals surface area contributed by atoms with Crippen LogP contribution in [0.4, 0.5) is 5.82 Å². The van der Waals surface area contributed by atoms with E-state index < -0.39 is 0 Å². The predicted molar refractivity (Wildman–Crippen MR) is 89.3 cm³/mol. The molecule has 1 amide bonds. The third-order valence-corrected chi connectivity index (χ3v) is 4.57. The van der Waals surface area contributed by atoms with Gasteiger partial charge in [0.15, 0.2) is 4.96 Å². The van der Waals surface area contributed by atoms with Crippen LogP contribution in [0.2, 0.25) is 0 Å². The molecule has 1 aliphatic rings. The van der Waals surface area contributed by atoms with E-state index in [0.29, 0.717) is 25.5 Å². The lowest BCUT2D eigenvalue weighted by Crippen LogP contribution is -2.37. The molecule has 8 nitrogen and oxygen atoms in total. The van der Waals surface area contributed by atoms with Gasteiger partial charge in [0.1, 0.15) is 17.8 Å². The predicted octanol–water partition coefficient (Wildman–Crippen LogP) is 0.952. The summed E-state index contributed by atoms with van der Waals surface area (Å²) in [7, 11) is 0. The molecule has 0 bridgehead atoms. The first-order valence-corrected chi connectivity index (χ1v) is 8.51. The minimum Gasteiger partial charge on any atom is -0.378 e. The van der Waals surface area contributed by atoms with Crippen molar-refractivity contribution in [3.63, 3.8) is 0 Å².